The molecule has 0 aromatic carbocycles. The fourth-order valence-corrected chi connectivity index (χ4v) is 1.72. The molecule has 2 rings (SSSR count). The summed E-state index contributed by atoms with van der Waals surface area (Å²) < 4.78 is 1.79. The minimum atomic E-state index is -0.524. The van der Waals surface area contributed by atoms with Crippen LogP contribution in [0.25, 0.3) is 11.6 Å². The van der Waals surface area contributed by atoms with Crippen LogP contribution in [0.15, 0.2) is 31.0 Å². The van der Waals surface area contributed by atoms with Crippen molar-refractivity contribution in [2.24, 2.45) is 5.73 Å². The number of hydrogen-bond donors (Lipinski definition) is 2. The number of nitrogens with two attached hydrogens (primary N) is 2. The van der Waals surface area contributed by atoms with Gasteiger partial charge in [-0.15, -0.1) is 0 Å². The van der Waals surface area contributed by atoms with Crippen LogP contribution in [0.1, 0.15) is 16.1 Å². The van der Waals surface area contributed by atoms with Crippen LogP contribution in [0, 0.1) is 0 Å². The van der Waals surface area contributed by atoms with Crippen molar-refractivity contribution >= 4 is 23.2 Å². The Morgan fingerprint density at radius 3 is 2.80 bits per heavy atom. The van der Waals surface area contributed by atoms with Gasteiger partial charge in [0.05, 0.1) is 22.5 Å². The van der Waals surface area contributed by atoms with Crippen molar-refractivity contribution in [2.75, 3.05) is 5.73 Å². The molecule has 4 nitrogen and oxygen atoms in total. The SMILES string of the molecule is C=Cc1c(N)c(C(N)=O)c2ccccn12. The standard InChI is InChI=1S/C11H11N3O/c1-2-7-10(12)9(11(13)15)8-5-3-4-6-14(7)8/h2-6H,1,12H2,(H2,13,15). The lowest BCUT2D eigenvalue weighted by molar-refractivity contribution is 0.100. The lowest BCUT2D eigenvalue weighted by Crippen LogP contribution is -2.12. The van der Waals surface area contributed by atoms with Crippen LogP contribution < -0.4 is 11.5 Å². The zero-order valence-corrected chi connectivity index (χ0v) is 8.10. The van der Waals surface area contributed by atoms with Crippen LogP contribution in [0.5, 0.6) is 0 Å². The average molecular weight is 201 g/mol. The first-order chi connectivity index (χ1) is 7.16. The maximum atomic E-state index is 11.3. The van der Waals surface area contributed by atoms with Crippen molar-refractivity contribution in [1.82, 2.24) is 4.40 Å². The largest absolute Gasteiger partial charge is 0.396 e. The van der Waals surface area contributed by atoms with Gasteiger partial charge in [-0.1, -0.05) is 12.6 Å². The molecule has 76 valence electrons. The molecule has 0 radical (unpaired) electrons. The van der Waals surface area contributed by atoms with E-state index >= 15 is 0 Å². The Morgan fingerprint density at radius 1 is 1.47 bits per heavy atom. The van der Waals surface area contributed by atoms with E-state index in [1.165, 1.54) is 0 Å². The molecule has 0 atom stereocenters. The summed E-state index contributed by atoms with van der Waals surface area (Å²) in [4.78, 5) is 11.3. The van der Waals surface area contributed by atoms with E-state index in [2.05, 4.69) is 6.58 Å². The lowest BCUT2D eigenvalue weighted by atomic mass is 10.2. The number of amides is 1. The second kappa shape index (κ2) is 3.16. The number of carbonyl (C=O) groups excluding carboxylic acids is 1. The molecule has 0 bridgehead atoms. The number of pyridine rings is 1. The molecule has 4 heteroatoms. The van der Waals surface area contributed by atoms with Crippen molar-refractivity contribution in [3.05, 3.63) is 42.2 Å². The van der Waals surface area contributed by atoms with E-state index < -0.39 is 5.91 Å². The van der Waals surface area contributed by atoms with Gasteiger partial charge in [-0.3, -0.25) is 4.79 Å². The third-order valence-corrected chi connectivity index (χ3v) is 2.36. The first kappa shape index (κ1) is 9.33. The molecule has 15 heavy (non-hydrogen) atoms. The normalized spacial score (nSPS) is 10.4. The van der Waals surface area contributed by atoms with E-state index in [0.29, 0.717) is 22.5 Å². The fraction of sp³-hybridized carbons (Fsp3) is 0. The van der Waals surface area contributed by atoms with Crippen molar-refractivity contribution in [3.63, 3.8) is 0 Å². The predicted octanol–water partition coefficient (Wildman–Crippen LogP) is 1.26. The van der Waals surface area contributed by atoms with E-state index in [4.69, 9.17) is 11.5 Å². The molecular weight excluding hydrogens is 190 g/mol. The van der Waals surface area contributed by atoms with Crippen LogP contribution in [0.4, 0.5) is 5.69 Å². The van der Waals surface area contributed by atoms with E-state index in [1.807, 2.05) is 18.3 Å². The second-order valence-corrected chi connectivity index (χ2v) is 3.20. The molecule has 0 fully saturated rings. The highest BCUT2D eigenvalue weighted by atomic mass is 16.1. The molecule has 0 aliphatic heterocycles. The van der Waals surface area contributed by atoms with Gasteiger partial charge in [-0.2, -0.15) is 0 Å². The van der Waals surface area contributed by atoms with Gasteiger partial charge in [0.1, 0.15) is 0 Å². The molecule has 0 aliphatic carbocycles. The molecule has 0 unspecified atom stereocenters. The Morgan fingerprint density at radius 2 is 2.20 bits per heavy atom. The number of anilines is 1. The van der Waals surface area contributed by atoms with Gasteiger partial charge in [-0.05, 0) is 18.2 Å². The summed E-state index contributed by atoms with van der Waals surface area (Å²) in [6.45, 7) is 3.66. The minimum Gasteiger partial charge on any atom is -0.396 e. The van der Waals surface area contributed by atoms with Crippen LogP contribution in [0.2, 0.25) is 0 Å². The molecule has 0 aliphatic rings. The fourth-order valence-electron chi connectivity index (χ4n) is 1.72. The summed E-state index contributed by atoms with van der Waals surface area (Å²) >= 11 is 0. The van der Waals surface area contributed by atoms with Gasteiger partial charge in [0.15, 0.2) is 0 Å². The monoisotopic (exact) mass is 201 g/mol. The average Bonchev–Trinajstić information content (AvgIpc) is 2.49. The van der Waals surface area contributed by atoms with Gasteiger partial charge in [-0.25, -0.2) is 0 Å². The lowest BCUT2D eigenvalue weighted by Gasteiger charge is -1.96. The Bertz CT molecular complexity index is 554. The summed E-state index contributed by atoms with van der Waals surface area (Å²) in [6, 6.07) is 5.47. The molecule has 1 amide bonds. The Kier molecular flexibility index (Phi) is 1.97. The first-order valence-electron chi connectivity index (χ1n) is 4.47. The Hall–Kier alpha value is -2.23. The van der Waals surface area contributed by atoms with Crippen molar-refractivity contribution in [1.29, 1.82) is 0 Å². The number of carbonyl (C=O) groups is 1. The highest BCUT2D eigenvalue weighted by Crippen LogP contribution is 2.26. The van der Waals surface area contributed by atoms with Crippen LogP contribution >= 0.6 is 0 Å². The van der Waals surface area contributed by atoms with Crippen LogP contribution in [-0.2, 0) is 0 Å². The molecule has 2 heterocycles. The molecular formula is C11H11N3O. The molecule has 2 aromatic heterocycles. The maximum absolute atomic E-state index is 11.3. The second-order valence-electron chi connectivity index (χ2n) is 3.20. The summed E-state index contributed by atoms with van der Waals surface area (Å²) in [6.07, 6.45) is 3.42. The number of nitrogens with zero attached hydrogens (tertiary/aromatic N) is 1. The Balaban J connectivity index is 2.97. The molecule has 2 aromatic rings. The van der Waals surface area contributed by atoms with Crippen molar-refractivity contribution in [2.45, 2.75) is 0 Å². The number of aromatic nitrogens is 1. The summed E-state index contributed by atoms with van der Waals surface area (Å²) in [5, 5.41) is 0. The maximum Gasteiger partial charge on any atom is 0.253 e. The zero-order chi connectivity index (χ0) is 11.0. The van der Waals surface area contributed by atoms with Gasteiger partial charge >= 0.3 is 0 Å². The van der Waals surface area contributed by atoms with E-state index in [1.54, 1.807) is 16.5 Å². The van der Waals surface area contributed by atoms with Crippen molar-refractivity contribution in [3.8, 4) is 0 Å². The predicted molar refractivity (Wildman–Crippen MR) is 60.4 cm³/mol. The summed E-state index contributed by atoms with van der Waals surface area (Å²) in [5.41, 5.74) is 13.2. The third kappa shape index (κ3) is 1.19. The Labute approximate surface area is 86.8 Å². The number of rotatable bonds is 2. The molecule has 0 saturated carbocycles. The number of nitrogen functional groups attached to an aromatic ring is 1. The van der Waals surface area contributed by atoms with Gasteiger partial charge < -0.3 is 15.9 Å². The van der Waals surface area contributed by atoms with Gasteiger partial charge in [0, 0.05) is 6.20 Å². The molecule has 0 spiro atoms. The highest BCUT2D eigenvalue weighted by molar-refractivity contribution is 6.07. The molecule has 0 saturated heterocycles. The highest BCUT2D eigenvalue weighted by Gasteiger charge is 2.17. The smallest absolute Gasteiger partial charge is 0.253 e. The zero-order valence-electron chi connectivity index (χ0n) is 8.10. The van der Waals surface area contributed by atoms with E-state index in [9.17, 15) is 4.79 Å². The van der Waals surface area contributed by atoms with E-state index in [0.717, 1.165) is 0 Å². The summed E-state index contributed by atoms with van der Waals surface area (Å²) in [7, 11) is 0. The minimum absolute atomic E-state index is 0.352. The van der Waals surface area contributed by atoms with Crippen LogP contribution in [-0.4, -0.2) is 10.3 Å². The molecule has 4 N–H and O–H groups in total. The topological polar surface area (TPSA) is 73.5 Å². The number of primary amides is 1. The third-order valence-electron chi connectivity index (χ3n) is 2.36. The van der Waals surface area contributed by atoms with E-state index in [-0.39, 0.29) is 0 Å². The van der Waals surface area contributed by atoms with Crippen molar-refractivity contribution < 1.29 is 4.79 Å². The quantitative estimate of drug-likeness (QED) is 0.767. The summed E-state index contributed by atoms with van der Waals surface area (Å²) in [5.74, 6) is -0.524. The number of fused-ring (bicyclic) bond motifs is 1. The van der Waals surface area contributed by atoms with Gasteiger partial charge in [0.2, 0.25) is 0 Å². The van der Waals surface area contributed by atoms with Gasteiger partial charge in [0.25, 0.3) is 5.91 Å². The van der Waals surface area contributed by atoms with Crippen LogP contribution in [0.3, 0.4) is 0 Å². The number of hydrogen-bond acceptors (Lipinski definition) is 2. The first-order valence-corrected chi connectivity index (χ1v) is 4.47.